The minimum absolute atomic E-state index is 0.0537. The lowest BCUT2D eigenvalue weighted by Crippen LogP contribution is -2.42. The van der Waals surface area contributed by atoms with Crippen LogP contribution < -0.4 is 15.4 Å². The summed E-state index contributed by atoms with van der Waals surface area (Å²) < 4.78 is 24.1. The first-order valence-electron chi connectivity index (χ1n) is 8.91. The summed E-state index contributed by atoms with van der Waals surface area (Å²) >= 11 is 0. The Balaban J connectivity index is 1.57. The molecule has 0 radical (unpaired) electrons. The van der Waals surface area contributed by atoms with Gasteiger partial charge in [-0.3, -0.25) is 9.59 Å². The molecule has 0 aliphatic carbocycles. The average Bonchev–Trinajstić information content (AvgIpc) is 3.18. The maximum atomic E-state index is 13.6. The number of nitrogens with one attached hydrogen (secondary N) is 2. The van der Waals surface area contributed by atoms with Gasteiger partial charge < -0.3 is 19.9 Å². The van der Waals surface area contributed by atoms with Gasteiger partial charge in [0.15, 0.2) is 5.76 Å². The lowest BCUT2D eigenvalue weighted by atomic mass is 10.1. The van der Waals surface area contributed by atoms with Crippen LogP contribution in [0, 0.1) is 5.82 Å². The van der Waals surface area contributed by atoms with Crippen molar-refractivity contribution in [1.82, 2.24) is 10.5 Å². The number of benzene rings is 2. The maximum absolute atomic E-state index is 13.6. The molecule has 7 nitrogen and oxygen atoms in total. The van der Waals surface area contributed by atoms with Crippen LogP contribution in [0.1, 0.15) is 12.6 Å². The fourth-order valence-electron chi connectivity index (χ4n) is 2.63. The van der Waals surface area contributed by atoms with E-state index >= 15 is 0 Å². The zero-order valence-corrected chi connectivity index (χ0v) is 15.9. The van der Waals surface area contributed by atoms with E-state index in [9.17, 15) is 14.0 Å². The summed E-state index contributed by atoms with van der Waals surface area (Å²) in [6, 6.07) is 13.9. The molecular weight excluding hydrogens is 377 g/mol. The molecule has 0 aliphatic rings. The van der Waals surface area contributed by atoms with Crippen LogP contribution in [-0.2, 0) is 16.0 Å². The van der Waals surface area contributed by atoms with Gasteiger partial charge in [-0.05, 0) is 31.2 Å². The summed E-state index contributed by atoms with van der Waals surface area (Å²) in [7, 11) is 1.57. The van der Waals surface area contributed by atoms with Crippen LogP contribution in [0.2, 0.25) is 0 Å². The summed E-state index contributed by atoms with van der Waals surface area (Å²) in [4.78, 5) is 24.4. The third kappa shape index (κ3) is 5.19. The first kappa shape index (κ1) is 20.1. The van der Waals surface area contributed by atoms with E-state index in [2.05, 4.69) is 15.8 Å². The maximum Gasteiger partial charge on any atom is 0.246 e. The molecule has 0 fully saturated rings. The van der Waals surface area contributed by atoms with Gasteiger partial charge in [0.1, 0.15) is 17.6 Å². The number of para-hydroxylation sites is 1. The molecule has 0 aliphatic heterocycles. The number of hydrogen-bond acceptors (Lipinski definition) is 5. The van der Waals surface area contributed by atoms with Crippen molar-refractivity contribution in [1.29, 1.82) is 0 Å². The van der Waals surface area contributed by atoms with E-state index < -0.39 is 23.7 Å². The first-order valence-corrected chi connectivity index (χ1v) is 8.91. The van der Waals surface area contributed by atoms with Gasteiger partial charge in [-0.15, -0.1) is 0 Å². The largest absolute Gasteiger partial charge is 0.497 e. The van der Waals surface area contributed by atoms with Crippen molar-refractivity contribution in [3.8, 4) is 17.1 Å². The van der Waals surface area contributed by atoms with Gasteiger partial charge in [0.05, 0.1) is 24.9 Å². The van der Waals surface area contributed by atoms with Crippen molar-refractivity contribution in [2.45, 2.75) is 19.4 Å². The van der Waals surface area contributed by atoms with Crippen molar-refractivity contribution >= 4 is 17.5 Å². The predicted octanol–water partition coefficient (Wildman–Crippen LogP) is 3.18. The number of methoxy groups -OCH3 is 1. The Morgan fingerprint density at radius 3 is 2.72 bits per heavy atom. The Bertz CT molecular complexity index is 1020. The predicted molar refractivity (Wildman–Crippen MR) is 105 cm³/mol. The van der Waals surface area contributed by atoms with E-state index in [0.717, 1.165) is 5.56 Å². The number of carbonyl (C=O) groups excluding carboxylic acids is 2. The molecular formula is C21H20FN3O4. The molecule has 1 atom stereocenters. The lowest BCUT2D eigenvalue weighted by molar-refractivity contribution is -0.125. The summed E-state index contributed by atoms with van der Waals surface area (Å²) in [5.74, 6) is -0.315. The number of carbonyl (C=O) groups is 2. The Labute approximate surface area is 166 Å². The monoisotopic (exact) mass is 397 g/mol. The molecule has 2 N–H and O–H groups in total. The molecule has 1 unspecified atom stereocenters. The van der Waals surface area contributed by atoms with Crippen molar-refractivity contribution in [2.24, 2.45) is 0 Å². The fourth-order valence-corrected chi connectivity index (χ4v) is 2.63. The highest BCUT2D eigenvalue weighted by Gasteiger charge is 2.18. The quantitative estimate of drug-likeness (QED) is 0.639. The number of anilines is 1. The van der Waals surface area contributed by atoms with Gasteiger partial charge in [0.25, 0.3) is 0 Å². The second-order valence-corrected chi connectivity index (χ2v) is 6.35. The normalized spacial score (nSPS) is 11.6. The average molecular weight is 397 g/mol. The second kappa shape index (κ2) is 9.01. The van der Waals surface area contributed by atoms with Crippen molar-refractivity contribution in [3.63, 3.8) is 0 Å². The van der Waals surface area contributed by atoms with Crippen molar-refractivity contribution in [2.75, 3.05) is 12.4 Å². The van der Waals surface area contributed by atoms with E-state index in [1.54, 1.807) is 25.3 Å². The van der Waals surface area contributed by atoms with Crippen LogP contribution in [0.3, 0.4) is 0 Å². The van der Waals surface area contributed by atoms with Crippen LogP contribution in [0.15, 0.2) is 59.1 Å². The fraction of sp³-hybridized carbons (Fsp3) is 0.190. The number of ether oxygens (including phenoxy) is 1. The highest BCUT2D eigenvalue weighted by molar-refractivity contribution is 5.97. The zero-order valence-electron chi connectivity index (χ0n) is 15.9. The zero-order chi connectivity index (χ0) is 20.8. The second-order valence-electron chi connectivity index (χ2n) is 6.35. The Morgan fingerprint density at radius 1 is 1.17 bits per heavy atom. The van der Waals surface area contributed by atoms with Crippen LogP contribution in [0.25, 0.3) is 11.3 Å². The summed E-state index contributed by atoms with van der Waals surface area (Å²) in [5.41, 5.74) is 1.24. The van der Waals surface area contributed by atoms with Gasteiger partial charge in [-0.1, -0.05) is 29.4 Å². The first-order chi connectivity index (χ1) is 14.0. The van der Waals surface area contributed by atoms with E-state index in [0.29, 0.717) is 17.2 Å². The molecule has 0 saturated carbocycles. The van der Waals surface area contributed by atoms with E-state index in [-0.39, 0.29) is 12.1 Å². The molecule has 1 aromatic heterocycles. The number of nitrogens with zero attached hydrogens (tertiary/aromatic N) is 1. The highest BCUT2D eigenvalue weighted by Crippen LogP contribution is 2.24. The number of rotatable bonds is 7. The Hall–Kier alpha value is -3.68. The van der Waals surface area contributed by atoms with Gasteiger partial charge >= 0.3 is 0 Å². The summed E-state index contributed by atoms with van der Waals surface area (Å²) in [6.07, 6.45) is -0.0647. The highest BCUT2D eigenvalue weighted by atomic mass is 19.1. The SMILES string of the molecule is COc1cccc(-c2cc(CC(=O)NC(C)C(=O)Nc3ccccc3F)no2)c1. The number of hydrogen-bond donors (Lipinski definition) is 2. The Morgan fingerprint density at radius 2 is 1.97 bits per heavy atom. The van der Waals surface area contributed by atoms with Crippen LogP contribution in [-0.4, -0.2) is 30.1 Å². The van der Waals surface area contributed by atoms with E-state index in [4.69, 9.17) is 9.26 Å². The van der Waals surface area contributed by atoms with Gasteiger partial charge in [0, 0.05) is 11.6 Å². The smallest absolute Gasteiger partial charge is 0.246 e. The van der Waals surface area contributed by atoms with Crippen molar-refractivity contribution < 1.29 is 23.2 Å². The number of amides is 2. The number of aromatic nitrogens is 1. The van der Waals surface area contributed by atoms with E-state index in [1.165, 1.54) is 25.1 Å². The van der Waals surface area contributed by atoms with Crippen LogP contribution in [0.5, 0.6) is 5.75 Å². The molecule has 2 amide bonds. The van der Waals surface area contributed by atoms with E-state index in [1.807, 2.05) is 18.2 Å². The molecule has 0 bridgehead atoms. The molecule has 3 rings (SSSR count). The minimum atomic E-state index is -0.855. The molecule has 29 heavy (non-hydrogen) atoms. The topological polar surface area (TPSA) is 93.5 Å². The molecule has 150 valence electrons. The van der Waals surface area contributed by atoms with Gasteiger partial charge in [-0.2, -0.15) is 0 Å². The number of halogens is 1. The molecule has 1 heterocycles. The third-order valence-corrected chi connectivity index (χ3v) is 4.16. The molecule has 3 aromatic rings. The lowest BCUT2D eigenvalue weighted by Gasteiger charge is -2.14. The van der Waals surface area contributed by atoms with Gasteiger partial charge in [-0.25, -0.2) is 4.39 Å². The summed E-state index contributed by atoms with van der Waals surface area (Å²) in [5, 5.41) is 8.89. The van der Waals surface area contributed by atoms with Crippen molar-refractivity contribution in [3.05, 3.63) is 66.1 Å². The molecule has 0 saturated heterocycles. The summed E-state index contributed by atoms with van der Waals surface area (Å²) in [6.45, 7) is 1.51. The molecule has 2 aromatic carbocycles. The molecule has 0 spiro atoms. The van der Waals surface area contributed by atoms with Gasteiger partial charge in [0.2, 0.25) is 11.8 Å². The van der Waals surface area contributed by atoms with Crippen LogP contribution in [0.4, 0.5) is 10.1 Å². The third-order valence-electron chi connectivity index (χ3n) is 4.16. The molecule has 8 heteroatoms. The van der Waals surface area contributed by atoms with Crippen LogP contribution >= 0.6 is 0 Å². The Kier molecular flexibility index (Phi) is 6.23. The standard InChI is InChI=1S/C21H20FN3O4/c1-13(21(27)24-18-9-4-3-8-17(18)22)23-20(26)12-15-11-19(29-25-15)14-6-5-7-16(10-14)28-2/h3-11,13H,12H2,1-2H3,(H,23,26)(H,24,27). The minimum Gasteiger partial charge on any atom is -0.497 e.